The third-order valence-corrected chi connectivity index (χ3v) is 10.7. The number of carboxylic acids is 1. The van der Waals surface area contributed by atoms with Crippen LogP contribution in [-0.2, 0) is 20.7 Å². The Kier molecular flexibility index (Phi) is 10.7. The molecule has 50 heavy (non-hydrogen) atoms. The summed E-state index contributed by atoms with van der Waals surface area (Å²) in [6.07, 6.45) is -3.76. The SMILES string of the molecule is CCC[C@@](C)(CN1CCCCCC(F)(F)c2ccccc2-c2nc(sc2-c2cccc(OC(F)(F)F)c2)NS(=O)(=O)c2cccc1n2)C(=O)O. The second kappa shape index (κ2) is 14.5. The summed E-state index contributed by atoms with van der Waals surface area (Å²) in [4.78, 5) is 22.9. The maximum absolute atomic E-state index is 16.0. The Hall–Kier alpha value is -4.31. The van der Waals surface area contributed by atoms with E-state index in [1.807, 2.05) is 6.92 Å². The number of alkyl halides is 5. The zero-order valence-electron chi connectivity index (χ0n) is 27.1. The number of benzene rings is 2. The molecule has 1 aliphatic heterocycles. The number of aromatic nitrogens is 2. The van der Waals surface area contributed by atoms with E-state index in [2.05, 4.69) is 19.4 Å². The van der Waals surface area contributed by atoms with Gasteiger partial charge in [0.1, 0.15) is 11.6 Å². The van der Waals surface area contributed by atoms with E-state index in [0.717, 1.165) is 23.5 Å². The van der Waals surface area contributed by atoms with Crippen molar-refractivity contribution in [1.29, 1.82) is 0 Å². The van der Waals surface area contributed by atoms with Crippen LogP contribution in [0.2, 0.25) is 0 Å². The Bertz CT molecular complexity index is 1950. The van der Waals surface area contributed by atoms with Crippen molar-refractivity contribution in [1.82, 2.24) is 9.97 Å². The number of fused-ring (bicyclic) bond motifs is 6. The van der Waals surface area contributed by atoms with E-state index in [1.165, 1.54) is 48.5 Å². The molecular formula is C34H35F5N4O5S2. The first-order valence-corrected chi connectivity index (χ1v) is 18.1. The van der Waals surface area contributed by atoms with Gasteiger partial charge in [-0.05, 0) is 56.0 Å². The van der Waals surface area contributed by atoms with Crippen LogP contribution in [-0.4, -0.2) is 48.9 Å². The molecule has 1 atom stereocenters. The minimum atomic E-state index is -4.99. The van der Waals surface area contributed by atoms with Gasteiger partial charge < -0.3 is 14.7 Å². The standard InChI is InChI=1S/C34H35F5N4O5S2/c1-3-17-32(2,30(44)45)21-43-19-8-4-7-18-33(35,36)25-14-6-5-13-24(25)28-29(22-11-9-12-23(20-22)48-34(37,38)39)49-31(41-28)42-50(46,47)27-16-10-15-26(43)40-27/h5-6,9-16,20H,3-4,7-8,17-19,21H2,1-2H3,(H,41,42)(H,44,45)/t32-/m0/s1. The number of sulfonamides is 1. The molecule has 2 aromatic heterocycles. The highest BCUT2D eigenvalue weighted by Crippen LogP contribution is 2.46. The molecular weight excluding hydrogens is 704 g/mol. The number of aliphatic carboxylic acids is 1. The van der Waals surface area contributed by atoms with Crippen LogP contribution in [0.4, 0.5) is 32.9 Å². The van der Waals surface area contributed by atoms with Crippen LogP contribution in [0, 0.1) is 5.41 Å². The molecule has 0 spiro atoms. The van der Waals surface area contributed by atoms with Gasteiger partial charge in [-0.2, -0.15) is 8.42 Å². The summed E-state index contributed by atoms with van der Waals surface area (Å²) < 4.78 is 105. The fourth-order valence-corrected chi connectivity index (χ4v) is 8.12. The van der Waals surface area contributed by atoms with Gasteiger partial charge in [-0.15, -0.1) is 13.2 Å². The van der Waals surface area contributed by atoms with E-state index in [9.17, 15) is 31.5 Å². The van der Waals surface area contributed by atoms with Crippen molar-refractivity contribution in [3.63, 3.8) is 0 Å². The Morgan fingerprint density at radius 3 is 2.50 bits per heavy atom. The van der Waals surface area contributed by atoms with Crippen LogP contribution in [0.3, 0.4) is 0 Å². The third-order valence-electron chi connectivity index (χ3n) is 8.34. The number of carboxylic acid groups (broad SMARTS) is 1. The van der Waals surface area contributed by atoms with Gasteiger partial charge in [-0.1, -0.05) is 73.6 Å². The molecule has 3 heterocycles. The van der Waals surface area contributed by atoms with Crippen LogP contribution >= 0.6 is 11.3 Å². The quantitative estimate of drug-likeness (QED) is 0.180. The van der Waals surface area contributed by atoms with Crippen molar-refractivity contribution < 1.29 is 45.0 Å². The first kappa shape index (κ1) is 37.0. The van der Waals surface area contributed by atoms with Gasteiger partial charge in [0.25, 0.3) is 15.9 Å². The zero-order chi connectivity index (χ0) is 36.3. The van der Waals surface area contributed by atoms with Crippen molar-refractivity contribution in [2.24, 2.45) is 5.41 Å². The summed E-state index contributed by atoms with van der Waals surface area (Å²) in [6.45, 7) is 3.70. The van der Waals surface area contributed by atoms with Crippen LogP contribution in [0.15, 0.2) is 71.8 Å². The minimum Gasteiger partial charge on any atom is -0.481 e. The summed E-state index contributed by atoms with van der Waals surface area (Å²) >= 11 is 0.745. The summed E-state index contributed by atoms with van der Waals surface area (Å²) in [7, 11) is -4.46. The topological polar surface area (TPSA) is 122 Å². The number of anilines is 2. The van der Waals surface area contributed by atoms with Crippen LogP contribution < -0.4 is 14.4 Å². The van der Waals surface area contributed by atoms with Crippen molar-refractivity contribution in [2.75, 3.05) is 22.7 Å². The Labute approximate surface area is 290 Å². The zero-order valence-corrected chi connectivity index (χ0v) is 28.8. The molecule has 268 valence electrons. The Morgan fingerprint density at radius 1 is 1.04 bits per heavy atom. The van der Waals surface area contributed by atoms with Gasteiger partial charge in [0, 0.05) is 30.6 Å². The number of hydrogen-bond donors (Lipinski definition) is 2. The molecule has 4 bridgehead atoms. The molecule has 9 nitrogen and oxygen atoms in total. The highest BCUT2D eigenvalue weighted by atomic mass is 32.2. The molecule has 0 saturated heterocycles. The highest BCUT2D eigenvalue weighted by molar-refractivity contribution is 7.92. The summed E-state index contributed by atoms with van der Waals surface area (Å²) in [5.41, 5.74) is -1.53. The molecule has 4 aromatic rings. The largest absolute Gasteiger partial charge is 0.573 e. The maximum atomic E-state index is 16.0. The van der Waals surface area contributed by atoms with Crippen LogP contribution in [0.25, 0.3) is 21.7 Å². The molecule has 16 heteroatoms. The molecule has 5 rings (SSSR count). The second-order valence-electron chi connectivity index (χ2n) is 12.3. The first-order valence-electron chi connectivity index (χ1n) is 15.8. The molecule has 0 radical (unpaired) electrons. The average molecular weight is 739 g/mol. The summed E-state index contributed by atoms with van der Waals surface area (Å²) in [5.74, 6) is -4.76. The number of ether oxygens (including phenoxy) is 1. The summed E-state index contributed by atoms with van der Waals surface area (Å²) in [5, 5.41) is 9.42. The smallest absolute Gasteiger partial charge is 0.481 e. The Balaban J connectivity index is 1.65. The van der Waals surface area contributed by atoms with Gasteiger partial charge in [0.15, 0.2) is 10.2 Å². The van der Waals surface area contributed by atoms with Crippen molar-refractivity contribution >= 4 is 38.3 Å². The molecule has 1 aliphatic rings. The third kappa shape index (κ3) is 8.52. The lowest BCUT2D eigenvalue weighted by atomic mass is 9.85. The average Bonchev–Trinajstić information content (AvgIpc) is 3.46. The predicted molar refractivity (Wildman–Crippen MR) is 180 cm³/mol. The molecule has 2 N–H and O–H groups in total. The lowest BCUT2D eigenvalue weighted by Crippen LogP contribution is -2.42. The maximum Gasteiger partial charge on any atom is 0.573 e. The van der Waals surface area contributed by atoms with Gasteiger partial charge in [-0.3, -0.25) is 9.52 Å². The fraction of sp³-hybridized carbons (Fsp3) is 0.382. The predicted octanol–water partition coefficient (Wildman–Crippen LogP) is 8.93. The number of halogens is 5. The number of thiazole rings is 1. The van der Waals surface area contributed by atoms with Crippen molar-refractivity contribution in [3.05, 3.63) is 72.3 Å². The number of nitrogens with zero attached hydrogens (tertiary/aromatic N) is 3. The van der Waals surface area contributed by atoms with E-state index in [1.54, 1.807) is 17.9 Å². The molecule has 0 amide bonds. The van der Waals surface area contributed by atoms with Crippen molar-refractivity contribution in [3.8, 4) is 27.4 Å². The van der Waals surface area contributed by atoms with Crippen LogP contribution in [0.5, 0.6) is 5.75 Å². The van der Waals surface area contributed by atoms with E-state index >= 15 is 8.78 Å². The number of rotatable bonds is 7. The molecule has 0 aliphatic carbocycles. The molecule has 0 unspecified atom stereocenters. The van der Waals surface area contributed by atoms with Gasteiger partial charge in [0.05, 0.1) is 16.0 Å². The first-order chi connectivity index (χ1) is 23.5. The number of pyridine rings is 1. The molecule has 0 saturated carbocycles. The van der Waals surface area contributed by atoms with E-state index in [0.29, 0.717) is 25.7 Å². The van der Waals surface area contributed by atoms with Gasteiger partial charge in [-0.25, -0.2) is 18.7 Å². The number of carbonyl (C=O) groups is 1. The normalized spacial score (nSPS) is 17.5. The van der Waals surface area contributed by atoms with Gasteiger partial charge in [0.2, 0.25) is 0 Å². The minimum absolute atomic E-state index is 0.0000447. The van der Waals surface area contributed by atoms with Gasteiger partial charge >= 0.3 is 12.3 Å². The Morgan fingerprint density at radius 2 is 1.78 bits per heavy atom. The molecule has 0 fully saturated rings. The number of hydrogen-bond acceptors (Lipinski definition) is 8. The van der Waals surface area contributed by atoms with E-state index < -0.39 is 50.9 Å². The summed E-state index contributed by atoms with van der Waals surface area (Å²) in [6, 6.07) is 14.8. The molecule has 2 aromatic carbocycles. The van der Waals surface area contributed by atoms with E-state index in [-0.39, 0.29) is 57.7 Å². The monoisotopic (exact) mass is 738 g/mol. The fourth-order valence-electron chi connectivity index (χ4n) is 5.94. The number of nitrogens with one attached hydrogen (secondary N) is 1. The lowest BCUT2D eigenvalue weighted by molar-refractivity contribution is -0.274. The lowest BCUT2D eigenvalue weighted by Gasteiger charge is -2.33. The van der Waals surface area contributed by atoms with Crippen molar-refractivity contribution in [2.45, 2.75) is 69.7 Å². The van der Waals surface area contributed by atoms with Crippen LogP contribution in [0.1, 0.15) is 57.9 Å². The highest BCUT2D eigenvalue weighted by Gasteiger charge is 2.37. The van der Waals surface area contributed by atoms with E-state index in [4.69, 9.17) is 0 Å². The second-order valence-corrected chi connectivity index (χ2v) is 14.9.